The Labute approximate surface area is 103 Å². The third-order valence-electron chi connectivity index (χ3n) is 2.37. The summed E-state index contributed by atoms with van der Waals surface area (Å²) < 4.78 is 42.7. The maximum atomic E-state index is 13.3. The van der Waals surface area contributed by atoms with Crippen LogP contribution >= 0.6 is 11.6 Å². The van der Waals surface area contributed by atoms with Crippen LogP contribution in [-0.2, 0) is 4.74 Å². The lowest BCUT2D eigenvalue weighted by atomic mass is 9.95. The predicted molar refractivity (Wildman–Crippen MR) is 61.0 cm³/mol. The van der Waals surface area contributed by atoms with Gasteiger partial charge in [0.1, 0.15) is 0 Å². The zero-order valence-corrected chi connectivity index (χ0v) is 9.98. The third kappa shape index (κ3) is 4.06. The van der Waals surface area contributed by atoms with E-state index in [1.807, 2.05) is 0 Å². The summed E-state index contributed by atoms with van der Waals surface area (Å²) in [5.41, 5.74) is 0.455. The monoisotopic (exact) mass is 264 g/mol. The van der Waals surface area contributed by atoms with Crippen molar-refractivity contribution in [3.05, 3.63) is 46.8 Å². The number of rotatable bonds is 5. The molecule has 0 saturated heterocycles. The van der Waals surface area contributed by atoms with E-state index in [0.29, 0.717) is 10.6 Å². The summed E-state index contributed by atoms with van der Waals surface area (Å²) in [5.74, 6) is -2.40. The maximum Gasteiger partial charge on any atom is 0.302 e. The van der Waals surface area contributed by atoms with Gasteiger partial charge < -0.3 is 4.74 Å². The van der Waals surface area contributed by atoms with Gasteiger partial charge in [0.25, 0.3) is 0 Å². The third-order valence-corrected chi connectivity index (χ3v) is 2.62. The van der Waals surface area contributed by atoms with E-state index in [1.54, 1.807) is 12.1 Å². The van der Waals surface area contributed by atoms with Gasteiger partial charge in [0.05, 0.1) is 0 Å². The molecule has 0 aliphatic carbocycles. The zero-order valence-electron chi connectivity index (χ0n) is 9.22. The number of methoxy groups -OCH3 is 1. The summed E-state index contributed by atoms with van der Waals surface area (Å²) in [7, 11) is 1.44. The molecular weight excluding hydrogens is 253 g/mol. The van der Waals surface area contributed by atoms with Gasteiger partial charge in [-0.2, -0.15) is 8.78 Å². The highest BCUT2D eigenvalue weighted by atomic mass is 35.5. The highest BCUT2D eigenvalue weighted by molar-refractivity contribution is 6.30. The van der Waals surface area contributed by atoms with Crippen LogP contribution in [0.2, 0.25) is 5.02 Å². The van der Waals surface area contributed by atoms with Crippen LogP contribution in [-0.4, -0.2) is 13.7 Å². The molecule has 17 heavy (non-hydrogen) atoms. The molecule has 1 aromatic carbocycles. The lowest BCUT2D eigenvalue weighted by Gasteiger charge is -2.14. The number of benzene rings is 1. The van der Waals surface area contributed by atoms with Gasteiger partial charge in [0.15, 0.2) is 5.83 Å². The Morgan fingerprint density at radius 2 is 1.82 bits per heavy atom. The summed E-state index contributed by atoms with van der Waals surface area (Å²) in [4.78, 5) is 0. The zero-order chi connectivity index (χ0) is 12.8. The van der Waals surface area contributed by atoms with Crippen LogP contribution in [0.5, 0.6) is 0 Å². The quantitative estimate of drug-likeness (QED) is 0.759. The molecule has 0 aromatic heterocycles. The first-order valence-electron chi connectivity index (χ1n) is 5.01. The molecule has 1 aromatic rings. The second-order valence-electron chi connectivity index (χ2n) is 3.49. The smallest absolute Gasteiger partial charge is 0.302 e. The largest absolute Gasteiger partial charge is 0.385 e. The van der Waals surface area contributed by atoms with Crippen LogP contribution in [0.25, 0.3) is 0 Å². The van der Waals surface area contributed by atoms with E-state index in [1.165, 1.54) is 19.2 Å². The van der Waals surface area contributed by atoms with E-state index in [4.69, 9.17) is 16.3 Å². The van der Waals surface area contributed by atoms with E-state index in [9.17, 15) is 13.2 Å². The normalized spacial score (nSPS) is 12.3. The van der Waals surface area contributed by atoms with Crippen molar-refractivity contribution in [1.29, 1.82) is 0 Å². The topological polar surface area (TPSA) is 9.23 Å². The Bertz CT molecular complexity index is 385. The highest BCUT2D eigenvalue weighted by Crippen LogP contribution is 2.32. The molecule has 0 aliphatic rings. The van der Waals surface area contributed by atoms with Crippen LogP contribution in [0.4, 0.5) is 13.2 Å². The second-order valence-corrected chi connectivity index (χ2v) is 3.93. The number of ether oxygens (including phenoxy) is 1. The molecule has 0 amide bonds. The summed E-state index contributed by atoms with van der Waals surface area (Å²) in [5, 5.41) is 0.476. The minimum absolute atomic E-state index is 0.154. The molecule has 5 heteroatoms. The lowest BCUT2D eigenvalue weighted by molar-refractivity contribution is 0.186. The van der Waals surface area contributed by atoms with Crippen LogP contribution in [0, 0.1) is 0 Å². The summed E-state index contributed by atoms with van der Waals surface area (Å²) in [6, 6.07) is 6.15. The molecule has 0 radical (unpaired) electrons. The van der Waals surface area contributed by atoms with Crippen molar-refractivity contribution in [3.63, 3.8) is 0 Å². The van der Waals surface area contributed by atoms with Crippen molar-refractivity contribution in [3.8, 4) is 0 Å². The SMILES string of the molecule is COCCC(C(F)=C(F)F)c1ccc(Cl)cc1. The molecule has 0 saturated carbocycles. The minimum Gasteiger partial charge on any atom is -0.385 e. The van der Waals surface area contributed by atoms with E-state index < -0.39 is 17.8 Å². The minimum atomic E-state index is -2.29. The van der Waals surface area contributed by atoms with Gasteiger partial charge in [-0.3, -0.25) is 0 Å². The molecule has 0 bridgehead atoms. The predicted octanol–water partition coefficient (Wildman–Crippen LogP) is 4.54. The van der Waals surface area contributed by atoms with Gasteiger partial charge >= 0.3 is 6.08 Å². The Balaban J connectivity index is 2.97. The van der Waals surface area contributed by atoms with E-state index in [-0.39, 0.29) is 13.0 Å². The Hall–Kier alpha value is -1.00. The molecule has 94 valence electrons. The Morgan fingerprint density at radius 3 is 2.29 bits per heavy atom. The first kappa shape index (κ1) is 14.1. The lowest BCUT2D eigenvalue weighted by Crippen LogP contribution is -2.04. The van der Waals surface area contributed by atoms with Crippen molar-refractivity contribution < 1.29 is 17.9 Å². The van der Waals surface area contributed by atoms with E-state index in [2.05, 4.69) is 0 Å². The highest BCUT2D eigenvalue weighted by Gasteiger charge is 2.21. The molecular formula is C12H12ClF3O. The molecule has 1 atom stereocenters. The Morgan fingerprint density at radius 1 is 1.24 bits per heavy atom. The van der Waals surface area contributed by atoms with E-state index in [0.717, 1.165) is 0 Å². The molecule has 0 fully saturated rings. The molecule has 0 heterocycles. The standard InChI is InChI=1S/C12H12ClF3O/c1-17-7-6-10(11(14)12(15)16)8-2-4-9(13)5-3-8/h2-5,10H,6-7H2,1H3. The first-order chi connectivity index (χ1) is 8.06. The molecule has 0 N–H and O–H groups in total. The maximum absolute atomic E-state index is 13.3. The van der Waals surface area contributed by atoms with Crippen LogP contribution in [0.15, 0.2) is 36.2 Å². The van der Waals surface area contributed by atoms with Gasteiger partial charge in [0.2, 0.25) is 0 Å². The Kier molecular flexibility index (Phi) is 5.51. The van der Waals surface area contributed by atoms with Crippen molar-refractivity contribution in [2.75, 3.05) is 13.7 Å². The fraction of sp³-hybridized carbons (Fsp3) is 0.333. The van der Waals surface area contributed by atoms with Crippen molar-refractivity contribution in [1.82, 2.24) is 0 Å². The van der Waals surface area contributed by atoms with Crippen molar-refractivity contribution >= 4 is 11.6 Å². The van der Waals surface area contributed by atoms with Gasteiger partial charge in [-0.15, -0.1) is 0 Å². The fourth-order valence-corrected chi connectivity index (χ4v) is 1.63. The van der Waals surface area contributed by atoms with E-state index >= 15 is 0 Å². The summed E-state index contributed by atoms with van der Waals surface area (Å²) >= 11 is 5.68. The van der Waals surface area contributed by atoms with Gasteiger partial charge in [-0.1, -0.05) is 23.7 Å². The van der Waals surface area contributed by atoms with Gasteiger partial charge in [0, 0.05) is 24.7 Å². The number of hydrogen-bond donors (Lipinski definition) is 0. The molecule has 0 aliphatic heterocycles. The second kappa shape index (κ2) is 6.67. The molecule has 0 spiro atoms. The van der Waals surface area contributed by atoms with Crippen molar-refractivity contribution in [2.45, 2.75) is 12.3 Å². The number of hydrogen-bond acceptors (Lipinski definition) is 1. The molecule has 1 rings (SSSR count). The van der Waals surface area contributed by atoms with Crippen LogP contribution < -0.4 is 0 Å². The summed E-state index contributed by atoms with van der Waals surface area (Å²) in [6.45, 7) is 0.202. The van der Waals surface area contributed by atoms with Gasteiger partial charge in [-0.05, 0) is 24.1 Å². The average Bonchev–Trinajstić information content (AvgIpc) is 2.31. The average molecular weight is 265 g/mol. The van der Waals surface area contributed by atoms with Crippen molar-refractivity contribution in [2.24, 2.45) is 0 Å². The van der Waals surface area contributed by atoms with Crippen LogP contribution in [0.1, 0.15) is 17.9 Å². The number of allylic oxidation sites excluding steroid dienone is 1. The number of halogens is 4. The summed E-state index contributed by atoms with van der Waals surface area (Å²) in [6.07, 6.45) is -2.14. The first-order valence-corrected chi connectivity index (χ1v) is 5.39. The molecule has 1 unspecified atom stereocenters. The fourth-order valence-electron chi connectivity index (χ4n) is 1.50. The van der Waals surface area contributed by atoms with Gasteiger partial charge in [-0.25, -0.2) is 4.39 Å². The van der Waals surface area contributed by atoms with Crippen LogP contribution in [0.3, 0.4) is 0 Å². The molecule has 1 nitrogen and oxygen atoms in total.